The van der Waals surface area contributed by atoms with Gasteiger partial charge in [-0.25, -0.2) is 0 Å². The molecule has 2 saturated carbocycles. The first-order chi connectivity index (χ1) is 21.6. The molecule has 6 N–H and O–H groups in total. The second kappa shape index (κ2) is 12.3. The summed E-state index contributed by atoms with van der Waals surface area (Å²) in [6.45, 7) is 18.9. The largest absolute Gasteiger partial charge is 0.481 e. The Hall–Kier alpha value is -1.07. The van der Waals surface area contributed by atoms with Gasteiger partial charge in [-0.1, -0.05) is 66.5 Å². The highest BCUT2D eigenvalue weighted by atomic mass is 16.7. The molecule has 270 valence electrons. The zero-order valence-electron chi connectivity index (χ0n) is 30.4. The summed E-state index contributed by atoms with van der Waals surface area (Å²) in [7, 11) is 0. The van der Waals surface area contributed by atoms with Crippen LogP contribution in [0.2, 0.25) is 0 Å². The predicted molar refractivity (Wildman–Crippen MR) is 178 cm³/mol. The number of allylic oxidation sites excluding steroid dienone is 1. The number of rotatable bonds is 8. The number of hydrogen-bond donors (Lipinski definition) is 6. The lowest BCUT2D eigenvalue weighted by Gasteiger charge is -2.62. The van der Waals surface area contributed by atoms with Crippen LogP contribution in [0.3, 0.4) is 0 Å². The van der Waals surface area contributed by atoms with Gasteiger partial charge in [0.05, 0.1) is 23.7 Å². The molecular weight excluding hydrogens is 600 g/mol. The van der Waals surface area contributed by atoms with Gasteiger partial charge in [0.2, 0.25) is 0 Å². The molecule has 47 heavy (non-hydrogen) atoms. The predicted octanol–water partition coefficient (Wildman–Crippen LogP) is 5.20. The molecule has 9 heteroatoms. The Kier molecular flexibility index (Phi) is 9.74. The second-order valence-corrected chi connectivity index (χ2v) is 18.5. The maximum absolute atomic E-state index is 13.6. The summed E-state index contributed by atoms with van der Waals surface area (Å²) in [6, 6.07) is 0. The molecule has 0 spiro atoms. The van der Waals surface area contributed by atoms with E-state index in [1.165, 1.54) is 11.1 Å². The van der Waals surface area contributed by atoms with Crippen molar-refractivity contribution in [2.75, 3.05) is 6.61 Å². The van der Waals surface area contributed by atoms with Gasteiger partial charge in [0.15, 0.2) is 6.29 Å². The molecule has 0 amide bonds. The molecule has 5 rings (SSSR count). The van der Waals surface area contributed by atoms with Crippen LogP contribution < -0.4 is 0 Å². The van der Waals surface area contributed by atoms with Gasteiger partial charge >= 0.3 is 5.97 Å². The van der Waals surface area contributed by atoms with E-state index in [9.17, 15) is 35.4 Å². The highest BCUT2D eigenvalue weighted by molar-refractivity contribution is 5.82. The van der Waals surface area contributed by atoms with Gasteiger partial charge in [0.1, 0.15) is 24.4 Å². The number of aliphatic hydroxyl groups excluding tert-OH is 4. The third-order valence-electron chi connectivity index (χ3n) is 15.1. The van der Waals surface area contributed by atoms with Crippen LogP contribution in [0.4, 0.5) is 0 Å². The van der Waals surface area contributed by atoms with E-state index in [0.717, 1.165) is 44.9 Å². The highest BCUT2D eigenvalue weighted by Crippen LogP contribution is 2.73. The van der Waals surface area contributed by atoms with Gasteiger partial charge < -0.3 is 40.1 Å². The highest BCUT2D eigenvalue weighted by Gasteiger charge is 2.68. The lowest BCUT2D eigenvalue weighted by Crippen LogP contribution is -2.62. The van der Waals surface area contributed by atoms with Crippen LogP contribution in [0.1, 0.15) is 127 Å². The standard InChI is InChI=1S/C38H64O9/c1-21(12-18-37(9,45)33(2,3)4)22-14-19-38(32(43)44)24-10-11-26-34(5,6)27(15-16-35(26,7)23(24)13-17-36(22,38)8)47-31-30(42)29(41)28(40)25(20-39)46-31/h21-22,25-31,39-42,45H,10-20H2,1-9H3,(H,43,44)/t21-,22-,25-,26+,27+,28+,29+,30-,31+,35-,36-,37?,38+/m1/s1. The van der Waals surface area contributed by atoms with Crippen molar-refractivity contribution in [1.82, 2.24) is 0 Å². The van der Waals surface area contributed by atoms with Crippen molar-refractivity contribution in [2.45, 2.75) is 169 Å². The van der Waals surface area contributed by atoms with Crippen molar-refractivity contribution in [1.29, 1.82) is 0 Å². The Morgan fingerprint density at radius 3 is 2.19 bits per heavy atom. The smallest absolute Gasteiger partial charge is 0.314 e. The first-order valence-electron chi connectivity index (χ1n) is 18.2. The third kappa shape index (κ3) is 5.57. The molecule has 9 nitrogen and oxygen atoms in total. The molecule has 0 aromatic heterocycles. The zero-order valence-corrected chi connectivity index (χ0v) is 30.4. The quantitative estimate of drug-likeness (QED) is 0.192. The number of fused-ring (bicyclic) bond motifs is 4. The average Bonchev–Trinajstić information content (AvgIpc) is 3.31. The van der Waals surface area contributed by atoms with E-state index < -0.39 is 54.3 Å². The molecule has 0 bridgehead atoms. The Labute approximate surface area is 282 Å². The van der Waals surface area contributed by atoms with Crippen molar-refractivity contribution in [3.8, 4) is 0 Å². The Balaban J connectivity index is 1.41. The van der Waals surface area contributed by atoms with Crippen molar-refractivity contribution in [3.63, 3.8) is 0 Å². The maximum atomic E-state index is 13.6. The number of carbonyl (C=O) groups is 1. The number of carboxylic acid groups (broad SMARTS) is 1. The minimum Gasteiger partial charge on any atom is -0.481 e. The summed E-state index contributed by atoms with van der Waals surface area (Å²) in [5, 5.41) is 63.4. The molecule has 0 radical (unpaired) electrons. The molecule has 3 fully saturated rings. The van der Waals surface area contributed by atoms with E-state index in [4.69, 9.17) is 9.47 Å². The van der Waals surface area contributed by atoms with E-state index in [1.54, 1.807) is 0 Å². The van der Waals surface area contributed by atoms with Gasteiger partial charge in [0, 0.05) is 0 Å². The topological polar surface area (TPSA) is 157 Å². The number of carboxylic acids is 1. The third-order valence-corrected chi connectivity index (χ3v) is 15.1. The van der Waals surface area contributed by atoms with Gasteiger partial charge in [0.25, 0.3) is 0 Å². The molecule has 1 saturated heterocycles. The number of aliphatic carboxylic acids is 1. The fourth-order valence-electron chi connectivity index (χ4n) is 11.4. The van der Waals surface area contributed by atoms with Crippen LogP contribution in [0, 0.1) is 44.8 Å². The molecule has 1 aliphatic heterocycles. The first kappa shape index (κ1) is 37.2. The monoisotopic (exact) mass is 664 g/mol. The molecule has 0 aromatic rings. The van der Waals surface area contributed by atoms with E-state index in [2.05, 4.69) is 55.4 Å². The minimum atomic E-state index is -1.49. The van der Waals surface area contributed by atoms with Crippen molar-refractivity contribution >= 4 is 5.97 Å². The van der Waals surface area contributed by atoms with Crippen LogP contribution in [-0.4, -0.2) is 85.6 Å². The Bertz CT molecular complexity index is 1220. The normalized spacial score (nSPS) is 45.4. The van der Waals surface area contributed by atoms with Crippen LogP contribution in [-0.2, 0) is 14.3 Å². The fraction of sp³-hybridized carbons (Fsp3) is 0.921. The lowest BCUT2D eigenvalue weighted by molar-refractivity contribution is -0.325. The zero-order chi connectivity index (χ0) is 35.1. The van der Waals surface area contributed by atoms with E-state index in [1.807, 2.05) is 6.92 Å². The van der Waals surface area contributed by atoms with Crippen LogP contribution in [0.15, 0.2) is 11.1 Å². The molecule has 5 aliphatic rings. The number of aliphatic hydroxyl groups is 5. The summed E-state index contributed by atoms with van der Waals surface area (Å²) in [6.07, 6.45) is 1.07. The summed E-state index contributed by atoms with van der Waals surface area (Å²) < 4.78 is 12.1. The van der Waals surface area contributed by atoms with Gasteiger partial charge in [-0.2, -0.15) is 0 Å². The Morgan fingerprint density at radius 1 is 0.936 bits per heavy atom. The van der Waals surface area contributed by atoms with E-state index in [-0.39, 0.29) is 39.6 Å². The van der Waals surface area contributed by atoms with Crippen molar-refractivity contribution in [2.24, 2.45) is 44.8 Å². The maximum Gasteiger partial charge on any atom is 0.314 e. The summed E-state index contributed by atoms with van der Waals surface area (Å²) in [5.74, 6) is 0.110. The molecule has 4 aliphatic carbocycles. The van der Waals surface area contributed by atoms with Gasteiger partial charge in [-0.15, -0.1) is 0 Å². The van der Waals surface area contributed by atoms with Gasteiger partial charge in [-0.05, 0) is 111 Å². The van der Waals surface area contributed by atoms with Crippen molar-refractivity contribution in [3.05, 3.63) is 11.1 Å². The summed E-state index contributed by atoms with van der Waals surface area (Å²) in [5.41, 5.74) is -0.278. The minimum absolute atomic E-state index is 0.189. The van der Waals surface area contributed by atoms with Gasteiger partial charge in [-0.3, -0.25) is 4.79 Å². The SMILES string of the molecule is C[C@H](CCC(C)(O)C(C)(C)C)[C@H]1CC[C@@]2(C(=O)O)C3=C(CC[C@]12C)[C@@]1(C)CC[C@H](O[C@@H]2O[C@H](CO)[C@H](O)[C@H](O)[C@H]2O)C(C)(C)[C@@H]1CC3. The molecule has 13 atom stereocenters. The number of ether oxygens (including phenoxy) is 2. The van der Waals surface area contributed by atoms with Crippen LogP contribution in [0.25, 0.3) is 0 Å². The molecule has 1 unspecified atom stereocenters. The first-order valence-corrected chi connectivity index (χ1v) is 18.2. The summed E-state index contributed by atoms with van der Waals surface area (Å²) in [4.78, 5) is 13.6. The van der Waals surface area contributed by atoms with Crippen LogP contribution >= 0.6 is 0 Å². The molecule has 1 heterocycles. The molecular formula is C38H64O9. The second-order valence-electron chi connectivity index (χ2n) is 18.5. The van der Waals surface area contributed by atoms with E-state index in [0.29, 0.717) is 25.2 Å². The Morgan fingerprint density at radius 2 is 1.60 bits per heavy atom. The van der Waals surface area contributed by atoms with Crippen molar-refractivity contribution < 1.29 is 44.9 Å². The molecule has 0 aromatic carbocycles. The number of hydrogen-bond acceptors (Lipinski definition) is 8. The van der Waals surface area contributed by atoms with Crippen LogP contribution in [0.5, 0.6) is 0 Å². The fourth-order valence-corrected chi connectivity index (χ4v) is 11.4. The summed E-state index contributed by atoms with van der Waals surface area (Å²) >= 11 is 0. The average molecular weight is 665 g/mol. The lowest BCUT2D eigenvalue weighted by atomic mass is 9.43. The van der Waals surface area contributed by atoms with E-state index >= 15 is 0 Å².